The van der Waals surface area contributed by atoms with Crippen molar-refractivity contribution in [1.82, 2.24) is 4.90 Å². The molecule has 1 aromatic carbocycles. The zero-order valence-electron chi connectivity index (χ0n) is 17.0. The lowest BCUT2D eigenvalue weighted by Gasteiger charge is -2.41. The average molecular weight is 478 g/mol. The maximum atomic E-state index is 13.5. The Morgan fingerprint density at radius 2 is 1.90 bits per heavy atom. The molecule has 2 fully saturated rings. The number of halogens is 4. The summed E-state index contributed by atoms with van der Waals surface area (Å²) in [5.74, 6) is -2.41. The van der Waals surface area contributed by atoms with Crippen LogP contribution in [0.3, 0.4) is 0 Å². The second-order valence-corrected chi connectivity index (χ2v) is 11.2. The van der Waals surface area contributed by atoms with E-state index in [1.54, 1.807) is 23.9 Å². The van der Waals surface area contributed by atoms with Crippen LogP contribution in [0.2, 0.25) is 10.0 Å². The van der Waals surface area contributed by atoms with E-state index in [4.69, 9.17) is 23.2 Å². The van der Waals surface area contributed by atoms with Gasteiger partial charge in [0.15, 0.2) is 0 Å². The van der Waals surface area contributed by atoms with Crippen molar-refractivity contribution in [3.05, 3.63) is 33.8 Å². The number of thioether (sulfide) groups is 1. The van der Waals surface area contributed by atoms with E-state index in [-0.39, 0.29) is 36.3 Å². The van der Waals surface area contributed by atoms with Gasteiger partial charge in [-0.05, 0) is 42.9 Å². The summed E-state index contributed by atoms with van der Waals surface area (Å²) < 4.78 is 26.4. The standard InChI is InChI=1S/C22H27Cl2F2NO2S/c1-15-13-27(14-16-4-8-22(25,26)9-5-16)20(29)6-7-21(30-15,10-11-28)17-2-3-18(23)19(24)12-17/h2-3,11-12,15-16H,4-10,13-14H2,1H3/t15?,21-/m0/s1. The van der Waals surface area contributed by atoms with E-state index in [9.17, 15) is 18.4 Å². The summed E-state index contributed by atoms with van der Waals surface area (Å²) in [5, 5.41) is 0.955. The molecule has 2 aliphatic rings. The second kappa shape index (κ2) is 9.74. The van der Waals surface area contributed by atoms with Crippen LogP contribution in [0.25, 0.3) is 0 Å². The van der Waals surface area contributed by atoms with Gasteiger partial charge >= 0.3 is 0 Å². The molecule has 3 nitrogen and oxygen atoms in total. The van der Waals surface area contributed by atoms with Crippen molar-refractivity contribution in [2.24, 2.45) is 5.92 Å². The molecule has 166 valence electrons. The maximum Gasteiger partial charge on any atom is 0.248 e. The smallest absolute Gasteiger partial charge is 0.248 e. The minimum atomic E-state index is -2.56. The summed E-state index contributed by atoms with van der Waals surface area (Å²) in [4.78, 5) is 26.4. The third-order valence-electron chi connectivity index (χ3n) is 6.17. The fourth-order valence-electron chi connectivity index (χ4n) is 4.53. The van der Waals surface area contributed by atoms with Crippen LogP contribution in [0.5, 0.6) is 0 Å². The molecule has 2 atom stereocenters. The highest BCUT2D eigenvalue weighted by molar-refractivity contribution is 8.00. The van der Waals surface area contributed by atoms with E-state index < -0.39 is 10.7 Å². The van der Waals surface area contributed by atoms with Gasteiger partial charge in [0.25, 0.3) is 0 Å². The van der Waals surface area contributed by atoms with Crippen LogP contribution in [-0.2, 0) is 14.3 Å². The summed E-state index contributed by atoms with van der Waals surface area (Å²) in [5.41, 5.74) is 0.900. The average Bonchev–Trinajstić information content (AvgIpc) is 2.68. The highest BCUT2D eigenvalue weighted by Gasteiger charge is 2.40. The van der Waals surface area contributed by atoms with Gasteiger partial charge in [-0.15, -0.1) is 11.8 Å². The molecular formula is C22H27Cl2F2NO2S. The van der Waals surface area contributed by atoms with E-state index in [1.807, 2.05) is 17.9 Å². The molecule has 30 heavy (non-hydrogen) atoms. The predicted molar refractivity (Wildman–Crippen MR) is 119 cm³/mol. The van der Waals surface area contributed by atoms with Crippen molar-refractivity contribution in [3.63, 3.8) is 0 Å². The Balaban J connectivity index is 1.75. The number of alkyl halides is 2. The number of carbonyl (C=O) groups excluding carboxylic acids is 2. The van der Waals surface area contributed by atoms with E-state index in [0.29, 0.717) is 48.8 Å². The lowest BCUT2D eigenvalue weighted by molar-refractivity contribution is -0.133. The van der Waals surface area contributed by atoms with Gasteiger partial charge in [0.2, 0.25) is 11.8 Å². The van der Waals surface area contributed by atoms with Crippen LogP contribution in [0.4, 0.5) is 8.78 Å². The van der Waals surface area contributed by atoms with Gasteiger partial charge in [0.1, 0.15) is 6.29 Å². The molecule has 1 aromatic rings. The molecule has 0 bridgehead atoms. The number of hydrogen-bond donors (Lipinski definition) is 0. The van der Waals surface area contributed by atoms with E-state index >= 15 is 0 Å². The first-order valence-electron chi connectivity index (χ1n) is 10.4. The minimum Gasteiger partial charge on any atom is -0.341 e. The first-order valence-corrected chi connectivity index (χ1v) is 12.0. The normalized spacial score (nSPS) is 28.1. The number of carbonyl (C=O) groups is 2. The Kier molecular flexibility index (Phi) is 7.73. The maximum absolute atomic E-state index is 13.5. The zero-order chi connectivity index (χ0) is 21.9. The summed E-state index contributed by atoms with van der Waals surface area (Å²) >= 11 is 14.0. The summed E-state index contributed by atoms with van der Waals surface area (Å²) in [6.45, 7) is 3.12. The number of benzene rings is 1. The molecular weight excluding hydrogens is 451 g/mol. The minimum absolute atomic E-state index is 0.0230. The number of nitrogens with zero attached hydrogens (tertiary/aromatic N) is 1. The van der Waals surface area contributed by atoms with Gasteiger partial charge in [0, 0.05) is 48.8 Å². The molecule has 1 heterocycles. The predicted octanol–water partition coefficient (Wildman–Crippen LogP) is 6.35. The van der Waals surface area contributed by atoms with Crippen LogP contribution in [-0.4, -0.2) is 41.4 Å². The van der Waals surface area contributed by atoms with Crippen LogP contribution in [0, 0.1) is 5.92 Å². The Bertz CT molecular complexity index is 784. The number of amides is 1. The largest absolute Gasteiger partial charge is 0.341 e. The Morgan fingerprint density at radius 3 is 2.53 bits per heavy atom. The molecule has 1 amide bonds. The molecule has 1 saturated carbocycles. The summed E-state index contributed by atoms with van der Waals surface area (Å²) in [6.07, 6.45) is 2.72. The fraction of sp³-hybridized carbons (Fsp3) is 0.636. The fourth-order valence-corrected chi connectivity index (χ4v) is 6.50. The van der Waals surface area contributed by atoms with Gasteiger partial charge < -0.3 is 9.69 Å². The molecule has 0 aromatic heterocycles. The third kappa shape index (κ3) is 5.68. The number of rotatable bonds is 5. The Morgan fingerprint density at radius 1 is 1.20 bits per heavy atom. The van der Waals surface area contributed by atoms with Crippen molar-refractivity contribution in [1.29, 1.82) is 0 Å². The SMILES string of the molecule is CC1CN(CC2CCC(F)(F)CC2)C(=O)CC[C@](CC=O)(c2ccc(Cl)c(Cl)c2)S1. The molecule has 0 spiro atoms. The lowest BCUT2D eigenvalue weighted by Crippen LogP contribution is -2.44. The molecule has 3 rings (SSSR count). The molecule has 1 aliphatic heterocycles. The van der Waals surface area contributed by atoms with Crippen LogP contribution in [0.1, 0.15) is 57.4 Å². The topological polar surface area (TPSA) is 37.4 Å². The zero-order valence-corrected chi connectivity index (χ0v) is 19.3. The monoisotopic (exact) mass is 477 g/mol. The summed E-state index contributed by atoms with van der Waals surface area (Å²) in [6, 6.07) is 5.39. The molecule has 0 radical (unpaired) electrons. The molecule has 0 N–H and O–H groups in total. The van der Waals surface area contributed by atoms with Gasteiger partial charge in [-0.2, -0.15) is 0 Å². The van der Waals surface area contributed by atoms with Crippen molar-refractivity contribution in [3.8, 4) is 0 Å². The number of hydrogen-bond acceptors (Lipinski definition) is 3. The quantitative estimate of drug-likeness (QED) is 0.463. The van der Waals surface area contributed by atoms with Crippen molar-refractivity contribution < 1.29 is 18.4 Å². The van der Waals surface area contributed by atoms with Gasteiger partial charge in [-0.1, -0.05) is 36.2 Å². The van der Waals surface area contributed by atoms with Crippen LogP contribution >= 0.6 is 35.0 Å². The van der Waals surface area contributed by atoms with Crippen molar-refractivity contribution >= 4 is 47.2 Å². The van der Waals surface area contributed by atoms with E-state index in [2.05, 4.69) is 0 Å². The Hall–Kier alpha value is -0.850. The van der Waals surface area contributed by atoms with Gasteiger partial charge in [-0.3, -0.25) is 4.79 Å². The second-order valence-electron chi connectivity index (χ2n) is 8.52. The van der Waals surface area contributed by atoms with Gasteiger partial charge in [0.05, 0.1) is 10.0 Å². The Labute approximate surface area is 190 Å². The van der Waals surface area contributed by atoms with Crippen LogP contribution in [0.15, 0.2) is 18.2 Å². The van der Waals surface area contributed by atoms with Gasteiger partial charge in [-0.25, -0.2) is 8.78 Å². The van der Waals surface area contributed by atoms with E-state index in [0.717, 1.165) is 11.8 Å². The number of aldehydes is 1. The first-order chi connectivity index (χ1) is 14.1. The molecule has 8 heteroatoms. The molecule has 1 saturated heterocycles. The highest BCUT2D eigenvalue weighted by atomic mass is 35.5. The highest BCUT2D eigenvalue weighted by Crippen LogP contribution is 2.48. The van der Waals surface area contributed by atoms with Crippen molar-refractivity contribution in [2.45, 2.75) is 67.8 Å². The van der Waals surface area contributed by atoms with Crippen molar-refractivity contribution in [2.75, 3.05) is 13.1 Å². The third-order valence-corrected chi connectivity index (χ3v) is 8.52. The van der Waals surface area contributed by atoms with E-state index in [1.165, 1.54) is 0 Å². The lowest BCUT2D eigenvalue weighted by atomic mass is 9.86. The first kappa shape index (κ1) is 23.8. The molecule has 1 aliphatic carbocycles. The van der Waals surface area contributed by atoms with Crippen LogP contribution < -0.4 is 0 Å². The summed E-state index contributed by atoms with van der Waals surface area (Å²) in [7, 11) is 0. The molecule has 1 unspecified atom stereocenters.